The molecular formula is C26H28N2O4S2. The van der Waals surface area contributed by atoms with Gasteiger partial charge in [-0.3, -0.25) is 9.59 Å². The predicted octanol–water partition coefficient (Wildman–Crippen LogP) is 6.32. The fourth-order valence-electron chi connectivity index (χ4n) is 3.59. The minimum absolute atomic E-state index is 0.0166. The van der Waals surface area contributed by atoms with E-state index in [0.29, 0.717) is 23.7 Å². The number of thioether (sulfide) groups is 1. The highest BCUT2D eigenvalue weighted by molar-refractivity contribution is 8.13. The first-order valence-corrected chi connectivity index (χ1v) is 13.4. The summed E-state index contributed by atoms with van der Waals surface area (Å²) in [6.07, 6.45) is 5.70. The van der Waals surface area contributed by atoms with Gasteiger partial charge in [-0.05, 0) is 43.0 Å². The molecule has 0 saturated heterocycles. The van der Waals surface area contributed by atoms with E-state index in [1.807, 2.05) is 41.8 Å². The summed E-state index contributed by atoms with van der Waals surface area (Å²) in [5.41, 5.74) is 2.93. The summed E-state index contributed by atoms with van der Waals surface area (Å²) < 4.78 is 10.8. The number of thiazole rings is 1. The number of amides is 1. The number of hydrogen-bond donors (Lipinski definition) is 1. The number of nitrogens with one attached hydrogen (secondary N) is 1. The van der Waals surface area contributed by atoms with Crippen LogP contribution in [-0.4, -0.2) is 28.6 Å². The number of rotatable bonds is 12. The third kappa shape index (κ3) is 7.33. The van der Waals surface area contributed by atoms with Gasteiger partial charge in [0, 0.05) is 29.5 Å². The van der Waals surface area contributed by atoms with E-state index in [4.69, 9.17) is 9.47 Å². The molecule has 0 aliphatic carbocycles. The lowest BCUT2D eigenvalue weighted by molar-refractivity contribution is -0.116. The Morgan fingerprint density at radius 1 is 0.971 bits per heavy atom. The van der Waals surface area contributed by atoms with Crippen molar-refractivity contribution in [3.63, 3.8) is 0 Å². The van der Waals surface area contributed by atoms with Crippen LogP contribution in [0.1, 0.15) is 44.1 Å². The zero-order valence-electron chi connectivity index (χ0n) is 19.0. The maximum atomic E-state index is 12.2. The minimum atomic E-state index is -0.0166. The van der Waals surface area contributed by atoms with Gasteiger partial charge < -0.3 is 14.8 Å². The highest BCUT2D eigenvalue weighted by Gasteiger charge is 2.15. The molecule has 1 aromatic heterocycles. The van der Waals surface area contributed by atoms with Crippen molar-refractivity contribution in [2.75, 3.05) is 17.9 Å². The molecule has 34 heavy (non-hydrogen) atoms. The van der Waals surface area contributed by atoms with Crippen molar-refractivity contribution >= 4 is 39.3 Å². The molecule has 1 amide bonds. The number of hydrogen-bond acceptors (Lipinski definition) is 7. The number of carbonyl (C=O) groups is 2. The standard InChI is InChI=1S/C26H28N2O4S2/c29-24(10-6-1-2-7-15-33-25(30)14-11-19-8-4-3-5-9-19)28-26-27-21(17-34-26)20-12-13-22-23(16-20)32-18-31-22/h3-5,8-9,12-13,16-17H,1-2,6-7,10-11,14-15,18H2,(H,27,28,29). The Hall–Kier alpha value is -2.84. The van der Waals surface area contributed by atoms with Crippen LogP contribution in [0.25, 0.3) is 11.3 Å². The van der Waals surface area contributed by atoms with Crippen molar-refractivity contribution in [1.29, 1.82) is 0 Å². The molecule has 1 N–H and O–H groups in total. The maximum absolute atomic E-state index is 12.2. The smallest absolute Gasteiger partial charge is 0.231 e. The number of ether oxygens (including phenoxy) is 2. The monoisotopic (exact) mass is 496 g/mol. The molecule has 178 valence electrons. The number of anilines is 1. The van der Waals surface area contributed by atoms with Crippen molar-refractivity contribution < 1.29 is 19.1 Å². The molecule has 4 rings (SSSR count). The Balaban J connectivity index is 1.06. The van der Waals surface area contributed by atoms with Gasteiger partial charge >= 0.3 is 0 Å². The van der Waals surface area contributed by atoms with Gasteiger partial charge in [-0.15, -0.1) is 11.3 Å². The number of aryl methyl sites for hydroxylation is 1. The summed E-state index contributed by atoms with van der Waals surface area (Å²) in [4.78, 5) is 28.8. The first-order chi connectivity index (χ1) is 16.7. The van der Waals surface area contributed by atoms with Crippen molar-refractivity contribution in [2.45, 2.75) is 44.9 Å². The van der Waals surface area contributed by atoms with Crippen molar-refractivity contribution in [3.8, 4) is 22.8 Å². The zero-order valence-corrected chi connectivity index (χ0v) is 20.6. The van der Waals surface area contributed by atoms with Gasteiger partial charge in [0.15, 0.2) is 21.7 Å². The lowest BCUT2D eigenvalue weighted by Gasteiger charge is -2.03. The highest BCUT2D eigenvalue weighted by Crippen LogP contribution is 2.36. The number of unbranched alkanes of at least 4 members (excludes halogenated alkanes) is 3. The van der Waals surface area contributed by atoms with Crippen LogP contribution in [0.5, 0.6) is 11.5 Å². The Labute approximate surface area is 208 Å². The Bertz CT molecular complexity index is 1100. The second kappa shape index (κ2) is 12.6. The molecule has 1 aliphatic rings. The Morgan fingerprint density at radius 2 is 1.79 bits per heavy atom. The molecular weight excluding hydrogens is 468 g/mol. The SMILES string of the molecule is O=C(CCCCCCSC(=O)CCc1ccccc1)Nc1nc(-c2ccc3c(c2)OCO3)cs1. The largest absolute Gasteiger partial charge is 0.454 e. The summed E-state index contributed by atoms with van der Waals surface area (Å²) in [6, 6.07) is 15.8. The van der Waals surface area contributed by atoms with E-state index in [9.17, 15) is 9.59 Å². The maximum Gasteiger partial charge on any atom is 0.231 e. The van der Waals surface area contributed by atoms with Crippen LogP contribution >= 0.6 is 23.1 Å². The Kier molecular flexibility index (Phi) is 8.98. The van der Waals surface area contributed by atoms with E-state index in [-0.39, 0.29) is 17.8 Å². The summed E-state index contributed by atoms with van der Waals surface area (Å²) in [6.45, 7) is 0.239. The molecule has 2 heterocycles. The quantitative estimate of drug-likeness (QED) is 0.296. The lowest BCUT2D eigenvalue weighted by Crippen LogP contribution is -2.10. The average Bonchev–Trinajstić information content (AvgIpc) is 3.52. The van der Waals surface area contributed by atoms with Gasteiger partial charge in [-0.25, -0.2) is 4.98 Å². The molecule has 3 aromatic rings. The van der Waals surface area contributed by atoms with Crippen LogP contribution in [0.4, 0.5) is 5.13 Å². The van der Waals surface area contributed by atoms with Crippen molar-refractivity contribution in [2.24, 2.45) is 0 Å². The first kappa shape index (κ1) is 24.3. The number of benzene rings is 2. The van der Waals surface area contributed by atoms with Crippen LogP contribution in [0.3, 0.4) is 0 Å². The van der Waals surface area contributed by atoms with Gasteiger partial charge in [0.2, 0.25) is 12.7 Å². The molecule has 0 unspecified atom stereocenters. The highest BCUT2D eigenvalue weighted by atomic mass is 32.2. The van der Waals surface area contributed by atoms with Crippen LogP contribution in [-0.2, 0) is 16.0 Å². The third-order valence-corrected chi connectivity index (χ3v) is 7.22. The zero-order chi connectivity index (χ0) is 23.6. The van der Waals surface area contributed by atoms with Gasteiger partial charge in [0.1, 0.15) is 0 Å². The average molecular weight is 497 g/mol. The van der Waals surface area contributed by atoms with Gasteiger partial charge in [-0.2, -0.15) is 0 Å². The fraction of sp³-hybridized carbons (Fsp3) is 0.346. The molecule has 0 saturated carbocycles. The number of aromatic nitrogens is 1. The molecule has 0 bridgehead atoms. The third-order valence-electron chi connectivity index (χ3n) is 5.44. The summed E-state index contributed by atoms with van der Waals surface area (Å²) in [7, 11) is 0. The topological polar surface area (TPSA) is 77.5 Å². The van der Waals surface area contributed by atoms with Crippen LogP contribution < -0.4 is 14.8 Å². The van der Waals surface area contributed by atoms with E-state index < -0.39 is 0 Å². The van der Waals surface area contributed by atoms with Crippen molar-refractivity contribution in [1.82, 2.24) is 4.98 Å². The van der Waals surface area contributed by atoms with E-state index in [1.54, 1.807) is 0 Å². The summed E-state index contributed by atoms with van der Waals surface area (Å²) >= 11 is 2.84. The molecule has 1 aliphatic heterocycles. The van der Waals surface area contributed by atoms with Gasteiger partial charge in [0.05, 0.1) is 5.69 Å². The number of nitrogens with zero attached hydrogens (tertiary/aromatic N) is 1. The molecule has 0 radical (unpaired) electrons. The number of carbonyl (C=O) groups excluding carboxylic acids is 2. The molecule has 0 spiro atoms. The summed E-state index contributed by atoms with van der Waals surface area (Å²) in [5, 5.41) is 5.67. The van der Waals surface area contributed by atoms with E-state index in [1.165, 1.54) is 28.7 Å². The lowest BCUT2D eigenvalue weighted by atomic mass is 10.1. The molecule has 2 aromatic carbocycles. The van der Waals surface area contributed by atoms with Gasteiger partial charge in [0.25, 0.3) is 0 Å². The first-order valence-electron chi connectivity index (χ1n) is 11.5. The minimum Gasteiger partial charge on any atom is -0.454 e. The molecule has 0 fully saturated rings. The fourth-order valence-corrected chi connectivity index (χ4v) is 5.15. The molecule has 0 atom stereocenters. The van der Waals surface area contributed by atoms with Gasteiger partial charge in [-0.1, -0.05) is 54.9 Å². The normalized spacial score (nSPS) is 12.0. The second-order valence-electron chi connectivity index (χ2n) is 8.02. The van der Waals surface area contributed by atoms with Crippen LogP contribution in [0.15, 0.2) is 53.9 Å². The summed E-state index contributed by atoms with van der Waals surface area (Å²) in [5.74, 6) is 2.28. The van der Waals surface area contributed by atoms with Crippen molar-refractivity contribution in [3.05, 3.63) is 59.5 Å². The predicted molar refractivity (Wildman–Crippen MR) is 138 cm³/mol. The Morgan fingerprint density at radius 3 is 2.68 bits per heavy atom. The van der Waals surface area contributed by atoms with E-state index in [0.717, 1.165) is 54.9 Å². The molecule has 8 heteroatoms. The van der Waals surface area contributed by atoms with E-state index in [2.05, 4.69) is 22.4 Å². The van der Waals surface area contributed by atoms with Crippen LogP contribution in [0.2, 0.25) is 0 Å². The second-order valence-corrected chi connectivity index (χ2v) is 10.0. The number of fused-ring (bicyclic) bond motifs is 1. The molecule has 6 nitrogen and oxygen atoms in total. The van der Waals surface area contributed by atoms with Crippen LogP contribution in [0, 0.1) is 0 Å². The van der Waals surface area contributed by atoms with E-state index >= 15 is 0 Å².